The summed E-state index contributed by atoms with van der Waals surface area (Å²) >= 11 is 0. The molecule has 16 heavy (non-hydrogen) atoms. The van der Waals surface area contributed by atoms with E-state index < -0.39 is 6.10 Å². The molecular formula is C11H18N2O3. The van der Waals surface area contributed by atoms with Crippen molar-refractivity contribution in [3.8, 4) is 0 Å². The van der Waals surface area contributed by atoms with Gasteiger partial charge in [0.15, 0.2) is 0 Å². The van der Waals surface area contributed by atoms with E-state index in [1.165, 1.54) is 0 Å². The Morgan fingerprint density at radius 3 is 2.06 bits per heavy atom. The molecule has 0 saturated heterocycles. The van der Waals surface area contributed by atoms with Crippen LogP contribution in [0.25, 0.3) is 0 Å². The molecule has 0 aromatic heterocycles. The van der Waals surface area contributed by atoms with Gasteiger partial charge in [0.05, 0.1) is 19.3 Å². The van der Waals surface area contributed by atoms with Crippen molar-refractivity contribution in [2.75, 3.05) is 36.9 Å². The number of aliphatic hydroxyl groups is 3. The second kappa shape index (κ2) is 7.05. The van der Waals surface area contributed by atoms with Crippen molar-refractivity contribution >= 4 is 11.4 Å². The minimum absolute atomic E-state index is 0.0999. The van der Waals surface area contributed by atoms with Crippen molar-refractivity contribution in [1.82, 2.24) is 0 Å². The highest BCUT2D eigenvalue weighted by atomic mass is 16.3. The molecule has 0 spiro atoms. The minimum Gasteiger partial charge on any atom is -0.395 e. The van der Waals surface area contributed by atoms with Crippen LogP contribution in [0.15, 0.2) is 24.3 Å². The summed E-state index contributed by atoms with van der Waals surface area (Å²) in [7, 11) is 0. The van der Waals surface area contributed by atoms with Crippen LogP contribution < -0.4 is 10.6 Å². The first-order chi connectivity index (χ1) is 7.76. The maximum atomic E-state index is 9.14. The van der Waals surface area contributed by atoms with Crippen LogP contribution >= 0.6 is 0 Å². The summed E-state index contributed by atoms with van der Waals surface area (Å²) in [6, 6.07) is 7.49. The lowest BCUT2D eigenvalue weighted by Gasteiger charge is -2.11. The Hall–Kier alpha value is -1.30. The van der Waals surface area contributed by atoms with Gasteiger partial charge in [0.2, 0.25) is 0 Å². The van der Waals surface area contributed by atoms with Gasteiger partial charge in [0, 0.05) is 24.5 Å². The zero-order valence-corrected chi connectivity index (χ0v) is 9.06. The maximum Gasteiger partial charge on any atom is 0.0942 e. The van der Waals surface area contributed by atoms with Crippen molar-refractivity contribution < 1.29 is 15.3 Å². The first-order valence-electron chi connectivity index (χ1n) is 5.24. The fourth-order valence-corrected chi connectivity index (χ4v) is 1.21. The number of nitrogens with one attached hydrogen (secondary N) is 2. The van der Waals surface area contributed by atoms with Gasteiger partial charge in [0.1, 0.15) is 0 Å². The molecular weight excluding hydrogens is 208 g/mol. The molecule has 1 atom stereocenters. The molecule has 1 rings (SSSR count). The van der Waals surface area contributed by atoms with Crippen LogP contribution in [0, 0.1) is 0 Å². The van der Waals surface area contributed by atoms with Crippen LogP contribution in [0.1, 0.15) is 0 Å². The average molecular weight is 226 g/mol. The topological polar surface area (TPSA) is 84.8 Å². The molecule has 1 unspecified atom stereocenters. The van der Waals surface area contributed by atoms with Gasteiger partial charge in [-0.3, -0.25) is 0 Å². The second-order valence-corrected chi connectivity index (χ2v) is 3.45. The Morgan fingerprint density at radius 1 is 1.00 bits per heavy atom. The Balaban J connectivity index is 2.38. The fraction of sp³-hybridized carbons (Fsp3) is 0.455. The molecule has 0 radical (unpaired) electrons. The quantitative estimate of drug-likeness (QED) is 0.447. The SMILES string of the molecule is OCCNc1ccc(NCC(O)CO)cc1. The van der Waals surface area contributed by atoms with E-state index in [9.17, 15) is 0 Å². The van der Waals surface area contributed by atoms with Crippen molar-refractivity contribution in [2.24, 2.45) is 0 Å². The Labute approximate surface area is 94.7 Å². The van der Waals surface area contributed by atoms with Crippen LogP contribution in [0.2, 0.25) is 0 Å². The molecule has 0 aliphatic rings. The highest BCUT2D eigenvalue weighted by Crippen LogP contribution is 2.13. The summed E-state index contributed by atoms with van der Waals surface area (Å²) in [6.45, 7) is 0.696. The summed E-state index contributed by atoms with van der Waals surface area (Å²) in [5.74, 6) is 0. The van der Waals surface area contributed by atoms with Gasteiger partial charge in [-0.2, -0.15) is 0 Å². The van der Waals surface area contributed by atoms with E-state index in [-0.39, 0.29) is 13.2 Å². The van der Waals surface area contributed by atoms with E-state index in [1.807, 2.05) is 24.3 Å². The van der Waals surface area contributed by atoms with Crippen LogP contribution in [0.3, 0.4) is 0 Å². The van der Waals surface area contributed by atoms with Gasteiger partial charge < -0.3 is 26.0 Å². The standard InChI is InChI=1S/C11H18N2O3/c14-6-5-12-9-1-3-10(4-2-9)13-7-11(16)8-15/h1-4,11-16H,5-8H2. The van der Waals surface area contributed by atoms with Crippen molar-refractivity contribution in [1.29, 1.82) is 0 Å². The van der Waals surface area contributed by atoms with Crippen molar-refractivity contribution in [3.63, 3.8) is 0 Å². The van der Waals surface area contributed by atoms with E-state index in [1.54, 1.807) is 0 Å². The lowest BCUT2D eigenvalue weighted by Crippen LogP contribution is -2.22. The first kappa shape index (κ1) is 12.8. The van der Waals surface area contributed by atoms with Gasteiger partial charge >= 0.3 is 0 Å². The lowest BCUT2D eigenvalue weighted by atomic mass is 10.2. The molecule has 0 fully saturated rings. The monoisotopic (exact) mass is 226 g/mol. The van der Waals surface area contributed by atoms with Crippen molar-refractivity contribution in [3.05, 3.63) is 24.3 Å². The molecule has 0 aliphatic heterocycles. The molecule has 5 nitrogen and oxygen atoms in total. The number of hydrogen-bond acceptors (Lipinski definition) is 5. The highest BCUT2D eigenvalue weighted by molar-refractivity contribution is 5.53. The summed E-state index contributed by atoms with van der Waals surface area (Å²) in [6.07, 6.45) is -0.743. The third kappa shape index (κ3) is 4.48. The molecule has 0 aliphatic carbocycles. The molecule has 1 aromatic rings. The van der Waals surface area contributed by atoms with Crippen LogP contribution in [0.4, 0.5) is 11.4 Å². The molecule has 90 valence electrons. The summed E-state index contributed by atoms with van der Waals surface area (Å²) in [4.78, 5) is 0. The minimum atomic E-state index is -0.743. The molecule has 5 N–H and O–H groups in total. The fourth-order valence-electron chi connectivity index (χ4n) is 1.21. The van der Waals surface area contributed by atoms with Crippen LogP contribution in [-0.2, 0) is 0 Å². The van der Waals surface area contributed by atoms with Gasteiger partial charge in [-0.25, -0.2) is 0 Å². The number of aliphatic hydroxyl groups excluding tert-OH is 3. The summed E-state index contributed by atoms with van der Waals surface area (Å²) in [5, 5.41) is 32.4. The number of hydrogen-bond donors (Lipinski definition) is 5. The summed E-state index contributed by atoms with van der Waals surface area (Å²) in [5.41, 5.74) is 1.81. The number of anilines is 2. The van der Waals surface area contributed by atoms with E-state index in [2.05, 4.69) is 10.6 Å². The molecule has 0 heterocycles. The molecule has 0 bridgehead atoms. The van der Waals surface area contributed by atoms with Gasteiger partial charge in [-0.05, 0) is 24.3 Å². The van der Waals surface area contributed by atoms with E-state index in [0.29, 0.717) is 13.1 Å². The average Bonchev–Trinajstić information content (AvgIpc) is 2.34. The maximum absolute atomic E-state index is 9.14. The van der Waals surface area contributed by atoms with Gasteiger partial charge in [0.25, 0.3) is 0 Å². The van der Waals surface area contributed by atoms with Gasteiger partial charge in [-0.1, -0.05) is 0 Å². The second-order valence-electron chi connectivity index (χ2n) is 3.45. The lowest BCUT2D eigenvalue weighted by molar-refractivity contribution is 0.105. The third-order valence-electron chi connectivity index (χ3n) is 2.08. The van der Waals surface area contributed by atoms with E-state index in [0.717, 1.165) is 11.4 Å². The predicted octanol–water partition coefficient (Wildman–Crippen LogP) is -0.144. The Morgan fingerprint density at radius 2 is 1.56 bits per heavy atom. The molecule has 1 aromatic carbocycles. The smallest absolute Gasteiger partial charge is 0.0942 e. The Kier molecular flexibility index (Phi) is 5.63. The van der Waals surface area contributed by atoms with Crippen LogP contribution in [-0.4, -0.2) is 47.7 Å². The number of benzene rings is 1. The third-order valence-corrected chi connectivity index (χ3v) is 2.08. The summed E-state index contributed by atoms with van der Waals surface area (Å²) < 4.78 is 0. The predicted molar refractivity (Wildman–Crippen MR) is 63.6 cm³/mol. The molecule has 5 heteroatoms. The molecule has 0 amide bonds. The zero-order valence-electron chi connectivity index (χ0n) is 9.06. The van der Waals surface area contributed by atoms with Crippen molar-refractivity contribution in [2.45, 2.75) is 6.10 Å². The first-order valence-corrected chi connectivity index (χ1v) is 5.24. The zero-order chi connectivity index (χ0) is 11.8. The van der Waals surface area contributed by atoms with Crippen LogP contribution in [0.5, 0.6) is 0 Å². The van der Waals surface area contributed by atoms with Gasteiger partial charge in [-0.15, -0.1) is 0 Å². The van der Waals surface area contributed by atoms with E-state index >= 15 is 0 Å². The Bertz CT molecular complexity index is 290. The molecule has 0 saturated carbocycles. The normalized spacial score (nSPS) is 12.2. The van der Waals surface area contributed by atoms with E-state index in [4.69, 9.17) is 15.3 Å². The largest absolute Gasteiger partial charge is 0.395 e. The highest BCUT2D eigenvalue weighted by Gasteiger charge is 2.00. The number of rotatable bonds is 7.